The number of aromatic nitrogens is 1. The highest BCUT2D eigenvalue weighted by molar-refractivity contribution is 6.05. The Kier molecular flexibility index (Phi) is 4.08. The molecule has 0 aliphatic rings. The molecule has 1 heterocycles. The minimum atomic E-state index is -0.187. The van der Waals surface area contributed by atoms with Crippen LogP contribution >= 0.6 is 0 Å². The molecule has 0 atom stereocenters. The predicted octanol–water partition coefficient (Wildman–Crippen LogP) is 3.15. The largest absolute Gasteiger partial charge is 0.378 e. The predicted molar refractivity (Wildman–Crippen MR) is 98.0 cm³/mol. The Bertz CT molecular complexity index is 974. The van der Waals surface area contributed by atoms with E-state index in [9.17, 15) is 9.59 Å². The Labute approximate surface area is 139 Å². The standard InChI is InChI=1S/C19H19N3O2/c1-12-9-13-7-8-15(11-17(13)21-18(12)23)20-19(24)14-5-4-6-16(10-14)22(2)3/h4-11H,1-3H3,(H,20,24)(H,21,23). The zero-order valence-corrected chi connectivity index (χ0v) is 13.9. The van der Waals surface area contributed by atoms with E-state index in [1.807, 2.05) is 55.4 Å². The summed E-state index contributed by atoms with van der Waals surface area (Å²) in [6, 6.07) is 14.7. The zero-order chi connectivity index (χ0) is 17.3. The van der Waals surface area contributed by atoms with Crippen LogP contribution in [-0.4, -0.2) is 25.0 Å². The Morgan fingerprint density at radius 3 is 2.62 bits per heavy atom. The van der Waals surface area contributed by atoms with Gasteiger partial charge in [-0.1, -0.05) is 12.1 Å². The van der Waals surface area contributed by atoms with E-state index in [-0.39, 0.29) is 11.5 Å². The van der Waals surface area contributed by atoms with Crippen LogP contribution in [0.15, 0.2) is 53.3 Å². The van der Waals surface area contributed by atoms with Crippen molar-refractivity contribution in [1.29, 1.82) is 0 Å². The summed E-state index contributed by atoms with van der Waals surface area (Å²) in [5.41, 5.74) is 3.43. The van der Waals surface area contributed by atoms with Crippen molar-refractivity contribution in [3.8, 4) is 0 Å². The fourth-order valence-electron chi connectivity index (χ4n) is 2.52. The molecule has 1 amide bonds. The fraction of sp³-hybridized carbons (Fsp3) is 0.158. The van der Waals surface area contributed by atoms with Crippen molar-refractivity contribution in [2.45, 2.75) is 6.92 Å². The van der Waals surface area contributed by atoms with Crippen LogP contribution in [0, 0.1) is 6.92 Å². The van der Waals surface area contributed by atoms with Crippen molar-refractivity contribution in [2.75, 3.05) is 24.3 Å². The van der Waals surface area contributed by atoms with Crippen molar-refractivity contribution in [2.24, 2.45) is 0 Å². The number of rotatable bonds is 3. The van der Waals surface area contributed by atoms with Gasteiger partial charge in [0.2, 0.25) is 0 Å². The summed E-state index contributed by atoms with van der Waals surface area (Å²) in [4.78, 5) is 29.0. The molecule has 0 spiro atoms. The minimum Gasteiger partial charge on any atom is -0.378 e. The van der Waals surface area contributed by atoms with Crippen LogP contribution in [0.2, 0.25) is 0 Å². The molecule has 3 aromatic rings. The van der Waals surface area contributed by atoms with Gasteiger partial charge in [-0.25, -0.2) is 0 Å². The average Bonchev–Trinajstić information content (AvgIpc) is 2.56. The smallest absolute Gasteiger partial charge is 0.255 e. The average molecular weight is 321 g/mol. The number of pyridine rings is 1. The molecular formula is C19H19N3O2. The van der Waals surface area contributed by atoms with Crippen LogP contribution in [0.3, 0.4) is 0 Å². The second kappa shape index (κ2) is 6.20. The van der Waals surface area contributed by atoms with E-state index < -0.39 is 0 Å². The summed E-state index contributed by atoms with van der Waals surface area (Å²) >= 11 is 0. The molecule has 0 saturated carbocycles. The number of aryl methyl sites for hydroxylation is 1. The zero-order valence-electron chi connectivity index (χ0n) is 13.9. The Hall–Kier alpha value is -3.08. The summed E-state index contributed by atoms with van der Waals surface area (Å²) in [5, 5.41) is 3.80. The molecule has 0 unspecified atom stereocenters. The van der Waals surface area contributed by atoms with Crippen LogP contribution in [0.25, 0.3) is 10.9 Å². The first-order valence-corrected chi connectivity index (χ1v) is 7.66. The molecule has 1 aromatic heterocycles. The highest BCUT2D eigenvalue weighted by Gasteiger charge is 2.08. The van der Waals surface area contributed by atoms with Gasteiger partial charge in [0, 0.05) is 36.6 Å². The topological polar surface area (TPSA) is 65.2 Å². The molecular weight excluding hydrogens is 302 g/mol. The Balaban J connectivity index is 1.89. The summed E-state index contributed by atoms with van der Waals surface area (Å²) in [5.74, 6) is -0.187. The number of nitrogens with zero attached hydrogens (tertiary/aromatic N) is 1. The van der Waals surface area contributed by atoms with Crippen LogP contribution in [0.1, 0.15) is 15.9 Å². The van der Waals surface area contributed by atoms with Crippen molar-refractivity contribution >= 4 is 28.2 Å². The lowest BCUT2D eigenvalue weighted by Crippen LogP contribution is -2.14. The van der Waals surface area contributed by atoms with E-state index in [0.717, 1.165) is 11.1 Å². The highest BCUT2D eigenvalue weighted by atomic mass is 16.1. The summed E-state index contributed by atoms with van der Waals surface area (Å²) in [7, 11) is 3.86. The van der Waals surface area contributed by atoms with Crippen molar-refractivity contribution in [3.63, 3.8) is 0 Å². The monoisotopic (exact) mass is 321 g/mol. The van der Waals surface area contributed by atoms with E-state index in [1.165, 1.54) is 0 Å². The van der Waals surface area contributed by atoms with Gasteiger partial charge in [0.25, 0.3) is 11.5 Å². The third-order valence-electron chi connectivity index (χ3n) is 3.91. The van der Waals surface area contributed by atoms with E-state index >= 15 is 0 Å². The quantitative estimate of drug-likeness (QED) is 0.779. The summed E-state index contributed by atoms with van der Waals surface area (Å²) in [6.07, 6.45) is 0. The maximum Gasteiger partial charge on any atom is 0.255 e. The maximum absolute atomic E-state index is 12.4. The number of aromatic amines is 1. The van der Waals surface area contributed by atoms with Crippen LogP contribution in [0.5, 0.6) is 0 Å². The number of fused-ring (bicyclic) bond motifs is 1. The van der Waals surface area contributed by atoms with Crippen molar-refractivity contribution in [3.05, 3.63) is 70.0 Å². The highest BCUT2D eigenvalue weighted by Crippen LogP contribution is 2.19. The number of carbonyl (C=O) groups is 1. The minimum absolute atomic E-state index is 0.121. The van der Waals surface area contributed by atoms with E-state index in [0.29, 0.717) is 22.3 Å². The van der Waals surface area contributed by atoms with Gasteiger partial charge in [-0.2, -0.15) is 0 Å². The summed E-state index contributed by atoms with van der Waals surface area (Å²) < 4.78 is 0. The molecule has 0 aliphatic carbocycles. The fourth-order valence-corrected chi connectivity index (χ4v) is 2.52. The van der Waals surface area contributed by atoms with Crippen molar-refractivity contribution < 1.29 is 4.79 Å². The second-order valence-electron chi connectivity index (χ2n) is 5.98. The third-order valence-corrected chi connectivity index (χ3v) is 3.91. The van der Waals surface area contributed by atoms with Crippen LogP contribution in [0.4, 0.5) is 11.4 Å². The first kappa shape index (κ1) is 15.8. The van der Waals surface area contributed by atoms with Crippen LogP contribution < -0.4 is 15.8 Å². The Morgan fingerprint density at radius 1 is 1.08 bits per heavy atom. The molecule has 2 aromatic carbocycles. The normalized spacial score (nSPS) is 10.6. The summed E-state index contributed by atoms with van der Waals surface area (Å²) in [6.45, 7) is 1.77. The molecule has 0 radical (unpaired) electrons. The van der Waals surface area contributed by atoms with Gasteiger partial charge >= 0.3 is 0 Å². The van der Waals surface area contributed by atoms with Crippen LogP contribution in [-0.2, 0) is 0 Å². The molecule has 0 saturated heterocycles. The first-order valence-electron chi connectivity index (χ1n) is 7.66. The molecule has 24 heavy (non-hydrogen) atoms. The molecule has 0 aliphatic heterocycles. The molecule has 122 valence electrons. The van der Waals surface area contributed by atoms with Gasteiger partial charge in [-0.15, -0.1) is 0 Å². The number of amides is 1. The van der Waals surface area contributed by atoms with Gasteiger partial charge in [-0.05, 0) is 48.7 Å². The second-order valence-corrected chi connectivity index (χ2v) is 5.98. The number of benzene rings is 2. The molecule has 0 bridgehead atoms. The van der Waals surface area contributed by atoms with Gasteiger partial charge < -0.3 is 15.2 Å². The van der Waals surface area contributed by atoms with E-state index in [1.54, 1.807) is 19.1 Å². The first-order chi connectivity index (χ1) is 11.4. The molecule has 2 N–H and O–H groups in total. The number of nitrogens with one attached hydrogen (secondary N) is 2. The lowest BCUT2D eigenvalue weighted by atomic mass is 10.1. The van der Waals surface area contributed by atoms with E-state index in [4.69, 9.17) is 0 Å². The van der Waals surface area contributed by atoms with Gasteiger partial charge in [0.1, 0.15) is 0 Å². The lowest BCUT2D eigenvalue weighted by molar-refractivity contribution is 0.102. The number of hydrogen-bond donors (Lipinski definition) is 2. The number of anilines is 2. The van der Waals surface area contributed by atoms with Crippen molar-refractivity contribution in [1.82, 2.24) is 4.98 Å². The lowest BCUT2D eigenvalue weighted by Gasteiger charge is -2.13. The van der Waals surface area contributed by atoms with Gasteiger partial charge in [-0.3, -0.25) is 9.59 Å². The number of hydrogen-bond acceptors (Lipinski definition) is 3. The SMILES string of the molecule is Cc1cc2ccc(NC(=O)c3cccc(N(C)C)c3)cc2[nH]c1=O. The molecule has 3 rings (SSSR count). The molecule has 5 nitrogen and oxygen atoms in total. The number of H-pyrrole nitrogens is 1. The maximum atomic E-state index is 12.4. The Morgan fingerprint density at radius 2 is 1.88 bits per heavy atom. The van der Waals surface area contributed by atoms with Gasteiger partial charge in [0.15, 0.2) is 0 Å². The molecule has 0 fully saturated rings. The number of carbonyl (C=O) groups excluding carboxylic acids is 1. The molecule has 5 heteroatoms. The van der Waals surface area contributed by atoms with E-state index in [2.05, 4.69) is 10.3 Å². The van der Waals surface area contributed by atoms with Gasteiger partial charge in [0.05, 0.1) is 5.52 Å². The third kappa shape index (κ3) is 3.15.